The van der Waals surface area contributed by atoms with Crippen molar-refractivity contribution in [3.05, 3.63) is 66.9 Å². The number of piperidine rings is 1. The maximum atomic E-state index is 4.35. The summed E-state index contributed by atoms with van der Waals surface area (Å²) in [4.78, 5) is 19.2. The Bertz CT molecular complexity index is 833. The van der Waals surface area contributed by atoms with Crippen molar-refractivity contribution in [3.8, 4) is 0 Å². The second kappa shape index (κ2) is 8.55. The standard InChI is InChI=1S/C20H23N7/c1-2-4-16(5-3-1)13-27-10-7-17(8-11-27)25-19-12-20(24-15-23-19)26-18-6-9-21-14-22-18/h1-6,9,12,14-15,17H,7-8,10-11,13H2,(H2,21,22,23,24,25,26). The summed E-state index contributed by atoms with van der Waals surface area (Å²) in [7, 11) is 0. The monoisotopic (exact) mass is 361 g/mol. The molecule has 2 N–H and O–H groups in total. The first-order valence-corrected chi connectivity index (χ1v) is 9.23. The minimum absolute atomic E-state index is 0.429. The van der Waals surface area contributed by atoms with Crippen molar-refractivity contribution in [2.75, 3.05) is 23.7 Å². The van der Waals surface area contributed by atoms with Gasteiger partial charge >= 0.3 is 0 Å². The van der Waals surface area contributed by atoms with Gasteiger partial charge in [0.1, 0.15) is 30.1 Å². The minimum atomic E-state index is 0.429. The molecule has 0 spiro atoms. The molecular formula is C20H23N7. The molecule has 3 heterocycles. The average molecular weight is 361 g/mol. The fourth-order valence-corrected chi connectivity index (χ4v) is 3.29. The zero-order valence-electron chi connectivity index (χ0n) is 15.1. The molecule has 7 nitrogen and oxygen atoms in total. The number of benzene rings is 1. The van der Waals surface area contributed by atoms with E-state index >= 15 is 0 Å². The van der Waals surface area contributed by atoms with E-state index in [1.165, 1.54) is 11.9 Å². The lowest BCUT2D eigenvalue weighted by Crippen LogP contribution is -2.38. The topological polar surface area (TPSA) is 78.9 Å². The van der Waals surface area contributed by atoms with Crippen LogP contribution in [0.3, 0.4) is 0 Å². The van der Waals surface area contributed by atoms with Crippen molar-refractivity contribution in [1.29, 1.82) is 0 Å². The molecule has 0 unspecified atom stereocenters. The van der Waals surface area contributed by atoms with Gasteiger partial charge in [-0.1, -0.05) is 30.3 Å². The number of anilines is 3. The highest BCUT2D eigenvalue weighted by molar-refractivity contribution is 5.55. The van der Waals surface area contributed by atoms with Crippen LogP contribution in [0.5, 0.6) is 0 Å². The summed E-state index contributed by atoms with van der Waals surface area (Å²) in [5, 5.41) is 6.71. The first-order chi connectivity index (χ1) is 13.3. The highest BCUT2D eigenvalue weighted by Crippen LogP contribution is 2.19. The van der Waals surface area contributed by atoms with Gasteiger partial charge in [0, 0.05) is 37.9 Å². The number of rotatable bonds is 6. The molecule has 7 heteroatoms. The smallest absolute Gasteiger partial charge is 0.137 e. The lowest BCUT2D eigenvalue weighted by molar-refractivity contribution is 0.211. The second-order valence-electron chi connectivity index (χ2n) is 6.69. The Hall–Kier alpha value is -3.06. The van der Waals surface area contributed by atoms with Gasteiger partial charge in [-0.2, -0.15) is 0 Å². The summed E-state index contributed by atoms with van der Waals surface area (Å²) in [5.74, 6) is 2.26. The predicted octanol–water partition coefficient (Wildman–Crippen LogP) is 3.09. The van der Waals surface area contributed by atoms with E-state index in [0.29, 0.717) is 17.7 Å². The van der Waals surface area contributed by atoms with Crippen LogP contribution in [0.1, 0.15) is 18.4 Å². The molecule has 1 aromatic carbocycles. The van der Waals surface area contributed by atoms with Crippen molar-refractivity contribution in [3.63, 3.8) is 0 Å². The lowest BCUT2D eigenvalue weighted by atomic mass is 10.0. The van der Waals surface area contributed by atoms with E-state index in [9.17, 15) is 0 Å². The van der Waals surface area contributed by atoms with Gasteiger partial charge in [0.05, 0.1) is 0 Å². The quantitative estimate of drug-likeness (QED) is 0.698. The van der Waals surface area contributed by atoms with Gasteiger partial charge in [0.15, 0.2) is 0 Å². The van der Waals surface area contributed by atoms with Gasteiger partial charge in [-0.15, -0.1) is 0 Å². The minimum Gasteiger partial charge on any atom is -0.367 e. The van der Waals surface area contributed by atoms with E-state index in [4.69, 9.17) is 0 Å². The van der Waals surface area contributed by atoms with E-state index in [0.717, 1.165) is 38.3 Å². The molecule has 0 atom stereocenters. The van der Waals surface area contributed by atoms with Crippen LogP contribution in [0.2, 0.25) is 0 Å². The fourth-order valence-electron chi connectivity index (χ4n) is 3.29. The summed E-state index contributed by atoms with van der Waals surface area (Å²) in [6, 6.07) is 14.8. The Morgan fingerprint density at radius 3 is 2.44 bits per heavy atom. The summed E-state index contributed by atoms with van der Waals surface area (Å²) >= 11 is 0. The Kier molecular flexibility index (Phi) is 5.50. The normalized spacial score (nSPS) is 15.4. The van der Waals surface area contributed by atoms with Crippen LogP contribution >= 0.6 is 0 Å². The molecule has 0 aliphatic carbocycles. The van der Waals surface area contributed by atoms with Crippen molar-refractivity contribution in [1.82, 2.24) is 24.8 Å². The van der Waals surface area contributed by atoms with Crippen LogP contribution < -0.4 is 10.6 Å². The molecule has 0 radical (unpaired) electrons. The van der Waals surface area contributed by atoms with Gasteiger partial charge in [-0.05, 0) is 24.5 Å². The van der Waals surface area contributed by atoms with Crippen LogP contribution in [0.15, 0.2) is 61.3 Å². The third kappa shape index (κ3) is 4.98. The van der Waals surface area contributed by atoms with E-state index in [1.807, 2.05) is 6.07 Å². The largest absolute Gasteiger partial charge is 0.367 e. The third-order valence-corrected chi connectivity index (χ3v) is 4.69. The van der Waals surface area contributed by atoms with E-state index in [-0.39, 0.29) is 0 Å². The van der Waals surface area contributed by atoms with Gasteiger partial charge in [-0.25, -0.2) is 19.9 Å². The van der Waals surface area contributed by atoms with Crippen molar-refractivity contribution < 1.29 is 0 Å². The summed E-state index contributed by atoms with van der Waals surface area (Å²) in [5.41, 5.74) is 1.38. The van der Waals surface area contributed by atoms with Gasteiger partial charge in [0.2, 0.25) is 0 Å². The molecule has 3 aromatic rings. The fraction of sp³-hybridized carbons (Fsp3) is 0.300. The van der Waals surface area contributed by atoms with Crippen LogP contribution in [0.25, 0.3) is 0 Å². The second-order valence-corrected chi connectivity index (χ2v) is 6.69. The number of nitrogens with zero attached hydrogens (tertiary/aromatic N) is 5. The van der Waals surface area contributed by atoms with E-state index in [1.54, 1.807) is 18.6 Å². The predicted molar refractivity (Wildman–Crippen MR) is 106 cm³/mol. The molecule has 138 valence electrons. The molecule has 1 aliphatic heterocycles. The van der Waals surface area contributed by atoms with Crippen LogP contribution in [-0.4, -0.2) is 44.0 Å². The number of aromatic nitrogens is 4. The highest BCUT2D eigenvalue weighted by atomic mass is 15.2. The molecule has 0 bridgehead atoms. The molecule has 0 saturated carbocycles. The number of hydrogen-bond acceptors (Lipinski definition) is 7. The Morgan fingerprint density at radius 1 is 0.889 bits per heavy atom. The molecule has 4 rings (SSSR count). The lowest BCUT2D eigenvalue weighted by Gasteiger charge is -2.32. The summed E-state index contributed by atoms with van der Waals surface area (Å²) in [6.45, 7) is 3.20. The Balaban J connectivity index is 1.29. The zero-order chi connectivity index (χ0) is 18.3. The Labute approximate surface area is 158 Å². The molecular weight excluding hydrogens is 338 g/mol. The Morgan fingerprint density at radius 2 is 1.67 bits per heavy atom. The van der Waals surface area contributed by atoms with Crippen molar-refractivity contribution >= 4 is 17.5 Å². The highest BCUT2D eigenvalue weighted by Gasteiger charge is 2.19. The molecule has 1 saturated heterocycles. The third-order valence-electron chi connectivity index (χ3n) is 4.69. The molecule has 1 fully saturated rings. The number of likely N-dealkylation sites (tertiary alicyclic amines) is 1. The van der Waals surface area contributed by atoms with E-state index < -0.39 is 0 Å². The SMILES string of the molecule is c1ccc(CN2CCC(Nc3cc(Nc4ccncn4)ncn3)CC2)cc1. The average Bonchev–Trinajstić information content (AvgIpc) is 2.71. The van der Waals surface area contributed by atoms with Crippen LogP contribution in [0, 0.1) is 0 Å². The molecule has 0 amide bonds. The van der Waals surface area contributed by atoms with Crippen molar-refractivity contribution in [2.24, 2.45) is 0 Å². The molecule has 2 aromatic heterocycles. The summed E-state index contributed by atoms with van der Waals surface area (Å²) in [6.07, 6.45) is 6.97. The first kappa shape index (κ1) is 17.4. The van der Waals surface area contributed by atoms with Crippen LogP contribution in [-0.2, 0) is 6.54 Å². The van der Waals surface area contributed by atoms with Crippen LogP contribution in [0.4, 0.5) is 17.5 Å². The first-order valence-electron chi connectivity index (χ1n) is 9.23. The van der Waals surface area contributed by atoms with E-state index in [2.05, 4.69) is 65.8 Å². The zero-order valence-corrected chi connectivity index (χ0v) is 15.1. The maximum absolute atomic E-state index is 4.35. The summed E-state index contributed by atoms with van der Waals surface area (Å²) < 4.78 is 0. The van der Waals surface area contributed by atoms with Gasteiger partial charge in [0.25, 0.3) is 0 Å². The van der Waals surface area contributed by atoms with Crippen molar-refractivity contribution in [2.45, 2.75) is 25.4 Å². The van der Waals surface area contributed by atoms with Gasteiger partial charge < -0.3 is 10.6 Å². The molecule has 27 heavy (non-hydrogen) atoms. The number of nitrogens with one attached hydrogen (secondary N) is 2. The molecule has 1 aliphatic rings. The maximum Gasteiger partial charge on any atom is 0.137 e. The van der Waals surface area contributed by atoms with Gasteiger partial charge in [-0.3, -0.25) is 4.90 Å². The number of hydrogen-bond donors (Lipinski definition) is 2.